The number of ketones is 1. The van der Waals surface area contributed by atoms with Gasteiger partial charge in [0.1, 0.15) is 17.7 Å². The maximum atomic E-state index is 14.0. The Labute approximate surface area is 339 Å². The molecule has 1 saturated carbocycles. The molecule has 4 atom stereocenters. The lowest BCUT2D eigenvalue weighted by Crippen LogP contribution is -2.58. The van der Waals surface area contributed by atoms with Crippen molar-refractivity contribution >= 4 is 65.0 Å². The van der Waals surface area contributed by atoms with Crippen LogP contribution in [0.4, 0.5) is 4.79 Å². The fourth-order valence-electron chi connectivity index (χ4n) is 6.37. The Balaban J connectivity index is 1.72. The van der Waals surface area contributed by atoms with Crippen molar-refractivity contribution in [1.29, 1.82) is 0 Å². The average Bonchev–Trinajstić information content (AvgIpc) is 3.16. The number of benzene rings is 1. The van der Waals surface area contributed by atoms with Gasteiger partial charge in [0.05, 0.1) is 23.8 Å². The molecule has 2 aliphatic rings. The van der Waals surface area contributed by atoms with Crippen molar-refractivity contribution in [3.05, 3.63) is 35.9 Å². The molecule has 1 aliphatic heterocycles. The summed E-state index contributed by atoms with van der Waals surface area (Å²) in [6.45, 7) is 10.3. The molecule has 4 unspecified atom stereocenters. The van der Waals surface area contributed by atoms with E-state index < -0.39 is 77.8 Å². The summed E-state index contributed by atoms with van der Waals surface area (Å²) in [5.41, 5.74) is -0.346. The van der Waals surface area contributed by atoms with Crippen LogP contribution in [-0.4, -0.2) is 94.4 Å². The molecule has 5 amide bonds. The van der Waals surface area contributed by atoms with Gasteiger partial charge < -0.3 is 36.1 Å². The molecule has 1 heterocycles. The molecule has 312 valence electrons. The van der Waals surface area contributed by atoms with Crippen LogP contribution in [0, 0.1) is 11.8 Å². The number of hydrogen-bond donors (Lipinski definition) is 5. The van der Waals surface area contributed by atoms with Crippen LogP contribution in [0.5, 0.6) is 0 Å². The molecule has 1 saturated heterocycles. The molecule has 1 aliphatic carbocycles. The van der Waals surface area contributed by atoms with E-state index in [0.717, 1.165) is 50.0 Å². The summed E-state index contributed by atoms with van der Waals surface area (Å²) in [7, 11) is 0. The topological polar surface area (TPSA) is 198 Å². The molecule has 14 nitrogen and oxygen atoms in total. The molecule has 16 heteroatoms. The van der Waals surface area contributed by atoms with Crippen LogP contribution in [-0.2, 0) is 38.2 Å². The second kappa shape index (κ2) is 23.4. The highest BCUT2D eigenvalue weighted by Gasteiger charge is 2.37. The van der Waals surface area contributed by atoms with Crippen LogP contribution in [0.3, 0.4) is 0 Å². The number of nitrogens with one attached hydrogen (secondary N) is 5. The standard InChI is InChI=1S/C40H61N5O9S2/c1-7-15-28(34(47)37(50)41-23-30(46)44-33(27-18-12-9-13-19-27)38(51)54-40(4,5)6)42-35(48)29(22-31-55-20-14-21-56-31)43-36(49)32(26-16-10-8-11-17-26)45-39(52)53-24-25(2)3/h9,12-13,18-19,25-26,28-29,31-33H,7-8,10-11,14-17,20-24H2,1-6H3,(H,41,50)(H,42,48)(H,43,49)(H,44,46)(H,45,52). The fourth-order valence-corrected chi connectivity index (χ4v) is 9.32. The molecular formula is C40H61N5O9S2. The highest BCUT2D eigenvalue weighted by atomic mass is 32.2. The summed E-state index contributed by atoms with van der Waals surface area (Å²) < 4.78 is 10.8. The number of amides is 5. The summed E-state index contributed by atoms with van der Waals surface area (Å²) in [4.78, 5) is 93.3. The van der Waals surface area contributed by atoms with Gasteiger partial charge in [-0.2, -0.15) is 0 Å². The minimum atomic E-state index is -1.24. The summed E-state index contributed by atoms with van der Waals surface area (Å²) in [5.74, 6) is -2.83. The summed E-state index contributed by atoms with van der Waals surface area (Å²) in [5, 5.41) is 13.3. The highest BCUT2D eigenvalue weighted by molar-refractivity contribution is 8.17. The summed E-state index contributed by atoms with van der Waals surface area (Å²) >= 11 is 3.39. The van der Waals surface area contributed by atoms with Gasteiger partial charge >= 0.3 is 12.1 Å². The van der Waals surface area contributed by atoms with E-state index in [2.05, 4.69) is 26.6 Å². The van der Waals surface area contributed by atoms with Crippen LogP contribution in [0.1, 0.15) is 111 Å². The number of alkyl carbamates (subject to hydrolysis) is 1. The largest absolute Gasteiger partial charge is 0.458 e. The SMILES string of the molecule is CCCC(NC(=O)C(CC1SCCCS1)NC(=O)C(NC(=O)OCC(C)C)C1CCCCC1)C(=O)C(=O)NCC(=O)NC(C(=O)OC(C)(C)C)c1ccccc1. The lowest BCUT2D eigenvalue weighted by molar-refractivity contribution is -0.158. The first kappa shape index (κ1) is 46.6. The average molecular weight is 820 g/mol. The maximum absolute atomic E-state index is 14.0. The van der Waals surface area contributed by atoms with Crippen molar-refractivity contribution in [2.45, 2.75) is 134 Å². The van der Waals surface area contributed by atoms with E-state index in [1.165, 1.54) is 0 Å². The lowest BCUT2D eigenvalue weighted by Gasteiger charge is -2.32. The number of carbonyl (C=O) groups excluding carboxylic acids is 7. The normalized spacial score (nSPS) is 17.3. The van der Waals surface area contributed by atoms with Crippen LogP contribution in [0.2, 0.25) is 0 Å². The fraction of sp³-hybridized carbons (Fsp3) is 0.675. The molecule has 0 spiro atoms. The van der Waals surface area contributed by atoms with Gasteiger partial charge in [-0.05, 0) is 81.8 Å². The van der Waals surface area contributed by atoms with Gasteiger partial charge in [-0.15, -0.1) is 23.5 Å². The molecule has 0 aromatic heterocycles. The van der Waals surface area contributed by atoms with E-state index in [0.29, 0.717) is 12.0 Å². The Hall–Kier alpha value is -3.79. The van der Waals surface area contributed by atoms with Crippen LogP contribution < -0.4 is 26.6 Å². The minimum absolute atomic E-state index is 0.000531. The van der Waals surface area contributed by atoms with Gasteiger partial charge in [-0.1, -0.05) is 76.8 Å². The molecule has 0 radical (unpaired) electrons. The van der Waals surface area contributed by atoms with Crippen LogP contribution in [0.15, 0.2) is 30.3 Å². The molecule has 5 N–H and O–H groups in total. The predicted octanol–water partition coefficient (Wildman–Crippen LogP) is 4.56. The Morgan fingerprint density at radius 2 is 1.46 bits per heavy atom. The van der Waals surface area contributed by atoms with Gasteiger partial charge in [0.2, 0.25) is 23.5 Å². The molecular weight excluding hydrogens is 759 g/mol. The highest BCUT2D eigenvalue weighted by Crippen LogP contribution is 2.34. The van der Waals surface area contributed by atoms with Crippen LogP contribution in [0.25, 0.3) is 0 Å². The Kier molecular flexibility index (Phi) is 19.5. The van der Waals surface area contributed by atoms with E-state index in [1.54, 1.807) is 81.6 Å². The molecule has 56 heavy (non-hydrogen) atoms. The second-order valence-corrected chi connectivity index (χ2v) is 18.6. The molecule has 2 fully saturated rings. The van der Waals surface area contributed by atoms with Crippen molar-refractivity contribution in [1.82, 2.24) is 26.6 Å². The Morgan fingerprint density at radius 3 is 2.07 bits per heavy atom. The number of hydrogen-bond acceptors (Lipinski definition) is 11. The Bertz CT molecular complexity index is 1480. The van der Waals surface area contributed by atoms with E-state index in [1.807, 2.05) is 13.8 Å². The zero-order chi connectivity index (χ0) is 41.3. The molecule has 3 rings (SSSR count). The number of ether oxygens (including phenoxy) is 2. The van der Waals surface area contributed by atoms with Crippen molar-refractivity contribution in [2.75, 3.05) is 24.7 Å². The minimum Gasteiger partial charge on any atom is -0.458 e. The first-order valence-electron chi connectivity index (χ1n) is 19.7. The zero-order valence-corrected chi connectivity index (χ0v) is 35.2. The molecule has 1 aromatic rings. The number of thioether (sulfide) groups is 2. The van der Waals surface area contributed by atoms with E-state index in [9.17, 15) is 33.6 Å². The van der Waals surface area contributed by atoms with Crippen molar-refractivity contribution in [3.8, 4) is 0 Å². The van der Waals surface area contributed by atoms with Crippen molar-refractivity contribution < 1.29 is 43.0 Å². The van der Waals surface area contributed by atoms with E-state index in [4.69, 9.17) is 9.47 Å². The van der Waals surface area contributed by atoms with Crippen molar-refractivity contribution in [3.63, 3.8) is 0 Å². The van der Waals surface area contributed by atoms with Crippen molar-refractivity contribution in [2.24, 2.45) is 11.8 Å². The number of esters is 1. The monoisotopic (exact) mass is 819 g/mol. The lowest BCUT2D eigenvalue weighted by atomic mass is 9.83. The third kappa shape index (κ3) is 16.4. The zero-order valence-electron chi connectivity index (χ0n) is 33.6. The quantitative estimate of drug-likeness (QED) is 0.0970. The number of carbonyl (C=O) groups is 7. The van der Waals surface area contributed by atoms with Gasteiger partial charge in [-0.25, -0.2) is 9.59 Å². The predicted molar refractivity (Wildman–Crippen MR) is 218 cm³/mol. The first-order chi connectivity index (χ1) is 26.6. The number of rotatable bonds is 19. The van der Waals surface area contributed by atoms with Crippen LogP contribution >= 0.6 is 23.5 Å². The molecule has 0 bridgehead atoms. The van der Waals surface area contributed by atoms with Gasteiger partial charge in [0, 0.05) is 0 Å². The first-order valence-corrected chi connectivity index (χ1v) is 21.8. The maximum Gasteiger partial charge on any atom is 0.407 e. The summed E-state index contributed by atoms with van der Waals surface area (Å²) in [6, 6.07) is 4.12. The Morgan fingerprint density at radius 1 is 0.821 bits per heavy atom. The van der Waals surface area contributed by atoms with Gasteiger partial charge in [-0.3, -0.25) is 24.0 Å². The van der Waals surface area contributed by atoms with E-state index in [-0.39, 0.29) is 35.9 Å². The second-order valence-electron chi connectivity index (χ2n) is 15.7. The van der Waals surface area contributed by atoms with Gasteiger partial charge in [0.25, 0.3) is 5.91 Å². The summed E-state index contributed by atoms with van der Waals surface area (Å²) in [6.07, 6.45) is 5.50. The van der Waals surface area contributed by atoms with Gasteiger partial charge in [0.15, 0.2) is 6.04 Å². The third-order valence-corrected chi connectivity index (χ3v) is 12.1. The van der Waals surface area contributed by atoms with E-state index >= 15 is 0 Å². The molecule has 1 aromatic carbocycles. The number of Topliss-reactive ketones (excluding diaryl/α,β-unsaturated/α-hetero) is 1. The third-order valence-electron chi connectivity index (χ3n) is 9.11. The smallest absolute Gasteiger partial charge is 0.407 e.